The van der Waals surface area contributed by atoms with E-state index in [-0.39, 0.29) is 0 Å². The molecule has 0 radical (unpaired) electrons. The second-order valence-corrected chi connectivity index (χ2v) is 4.23. The Labute approximate surface area is 117 Å². The van der Waals surface area contributed by atoms with Crippen LogP contribution in [0.5, 0.6) is 0 Å². The summed E-state index contributed by atoms with van der Waals surface area (Å²) < 4.78 is 51.8. The van der Waals surface area contributed by atoms with Gasteiger partial charge in [0.1, 0.15) is 5.82 Å². The SMILES string of the molecule is O=C(Cc1cccc(F)c1C(F)(F)F)Nc1ccncc1. The molecule has 1 amide bonds. The molecule has 110 valence electrons. The molecule has 3 nitrogen and oxygen atoms in total. The van der Waals surface area contributed by atoms with Crippen LogP contribution >= 0.6 is 0 Å². The van der Waals surface area contributed by atoms with E-state index >= 15 is 0 Å². The summed E-state index contributed by atoms with van der Waals surface area (Å²) in [6, 6.07) is 5.92. The van der Waals surface area contributed by atoms with Crippen molar-refractivity contribution in [3.05, 3.63) is 59.7 Å². The van der Waals surface area contributed by atoms with Gasteiger partial charge in [-0.15, -0.1) is 0 Å². The van der Waals surface area contributed by atoms with Gasteiger partial charge in [-0.05, 0) is 23.8 Å². The Morgan fingerprint density at radius 1 is 1.14 bits per heavy atom. The molecule has 0 bridgehead atoms. The minimum atomic E-state index is -4.85. The molecule has 0 unspecified atom stereocenters. The number of nitrogens with zero attached hydrogens (tertiary/aromatic N) is 1. The molecular formula is C14H10F4N2O. The zero-order chi connectivity index (χ0) is 15.5. The highest BCUT2D eigenvalue weighted by Crippen LogP contribution is 2.34. The Balaban J connectivity index is 2.20. The summed E-state index contributed by atoms with van der Waals surface area (Å²) in [5.41, 5.74) is -1.41. The van der Waals surface area contributed by atoms with E-state index in [4.69, 9.17) is 0 Å². The predicted octanol–water partition coefficient (Wildman–Crippen LogP) is 3.42. The fourth-order valence-corrected chi connectivity index (χ4v) is 1.85. The van der Waals surface area contributed by atoms with Gasteiger partial charge in [0.2, 0.25) is 5.91 Å². The van der Waals surface area contributed by atoms with Gasteiger partial charge >= 0.3 is 6.18 Å². The number of anilines is 1. The van der Waals surface area contributed by atoms with Crippen LogP contribution in [0.25, 0.3) is 0 Å². The molecule has 2 rings (SSSR count). The third-order valence-corrected chi connectivity index (χ3v) is 2.70. The first-order valence-electron chi connectivity index (χ1n) is 5.92. The minimum Gasteiger partial charge on any atom is -0.326 e. The van der Waals surface area contributed by atoms with E-state index in [1.165, 1.54) is 24.5 Å². The molecular weight excluding hydrogens is 288 g/mol. The molecule has 1 heterocycles. The Morgan fingerprint density at radius 2 is 1.81 bits per heavy atom. The van der Waals surface area contributed by atoms with Gasteiger partial charge in [-0.3, -0.25) is 9.78 Å². The van der Waals surface area contributed by atoms with Crippen molar-refractivity contribution in [1.29, 1.82) is 0 Å². The molecule has 0 spiro atoms. The van der Waals surface area contributed by atoms with Crippen LogP contribution in [0.1, 0.15) is 11.1 Å². The summed E-state index contributed by atoms with van der Waals surface area (Å²) in [5.74, 6) is -2.06. The molecule has 2 aromatic rings. The fourth-order valence-electron chi connectivity index (χ4n) is 1.85. The van der Waals surface area contributed by atoms with Crippen molar-refractivity contribution in [1.82, 2.24) is 4.98 Å². The zero-order valence-corrected chi connectivity index (χ0v) is 10.6. The number of alkyl halides is 3. The first kappa shape index (κ1) is 15.0. The van der Waals surface area contributed by atoms with Crippen LogP contribution in [0.2, 0.25) is 0 Å². The number of hydrogen-bond acceptors (Lipinski definition) is 2. The topological polar surface area (TPSA) is 42.0 Å². The molecule has 0 fully saturated rings. The van der Waals surface area contributed by atoms with Crippen LogP contribution in [-0.4, -0.2) is 10.9 Å². The Morgan fingerprint density at radius 3 is 2.43 bits per heavy atom. The van der Waals surface area contributed by atoms with Gasteiger partial charge in [0, 0.05) is 18.1 Å². The summed E-state index contributed by atoms with van der Waals surface area (Å²) in [4.78, 5) is 15.5. The van der Waals surface area contributed by atoms with Crippen molar-refractivity contribution in [2.45, 2.75) is 12.6 Å². The fraction of sp³-hybridized carbons (Fsp3) is 0.143. The number of carbonyl (C=O) groups excluding carboxylic acids is 1. The van der Waals surface area contributed by atoms with E-state index in [1.807, 2.05) is 0 Å². The molecule has 21 heavy (non-hydrogen) atoms. The van der Waals surface area contributed by atoms with E-state index in [2.05, 4.69) is 10.3 Å². The number of nitrogens with one attached hydrogen (secondary N) is 1. The second-order valence-electron chi connectivity index (χ2n) is 4.23. The molecule has 0 aliphatic rings. The van der Waals surface area contributed by atoms with E-state index in [0.717, 1.165) is 12.1 Å². The maximum atomic E-state index is 13.4. The molecule has 7 heteroatoms. The van der Waals surface area contributed by atoms with Crippen LogP contribution in [0, 0.1) is 5.82 Å². The van der Waals surface area contributed by atoms with Crippen molar-refractivity contribution < 1.29 is 22.4 Å². The first-order chi connectivity index (χ1) is 9.88. The Kier molecular flexibility index (Phi) is 4.21. The zero-order valence-electron chi connectivity index (χ0n) is 10.6. The summed E-state index contributed by atoms with van der Waals surface area (Å²) in [7, 11) is 0. The molecule has 1 aromatic carbocycles. The monoisotopic (exact) mass is 298 g/mol. The number of rotatable bonds is 3. The lowest BCUT2D eigenvalue weighted by molar-refractivity contribution is -0.140. The van der Waals surface area contributed by atoms with E-state index < -0.39 is 35.4 Å². The van der Waals surface area contributed by atoms with Crippen LogP contribution in [0.3, 0.4) is 0 Å². The highest BCUT2D eigenvalue weighted by Gasteiger charge is 2.36. The summed E-state index contributed by atoms with van der Waals surface area (Å²) in [6.07, 6.45) is -2.57. The normalized spacial score (nSPS) is 11.2. The third-order valence-electron chi connectivity index (χ3n) is 2.70. The average Bonchev–Trinajstić information content (AvgIpc) is 2.38. The van der Waals surface area contributed by atoms with Gasteiger partial charge in [-0.25, -0.2) is 4.39 Å². The molecule has 0 aliphatic carbocycles. The lowest BCUT2D eigenvalue weighted by atomic mass is 10.0. The lowest BCUT2D eigenvalue weighted by Gasteiger charge is -2.13. The summed E-state index contributed by atoms with van der Waals surface area (Å²) >= 11 is 0. The van der Waals surface area contributed by atoms with Gasteiger partial charge < -0.3 is 5.32 Å². The van der Waals surface area contributed by atoms with Gasteiger partial charge in [-0.2, -0.15) is 13.2 Å². The largest absolute Gasteiger partial charge is 0.419 e. The number of hydrogen-bond donors (Lipinski definition) is 1. The molecule has 0 saturated heterocycles. The molecule has 1 aromatic heterocycles. The maximum absolute atomic E-state index is 13.4. The highest BCUT2D eigenvalue weighted by atomic mass is 19.4. The number of benzene rings is 1. The van der Waals surface area contributed by atoms with Crippen molar-refractivity contribution in [3.8, 4) is 0 Å². The molecule has 1 N–H and O–H groups in total. The Hall–Kier alpha value is -2.44. The number of pyridine rings is 1. The van der Waals surface area contributed by atoms with Crippen molar-refractivity contribution in [2.75, 3.05) is 5.32 Å². The molecule has 0 aliphatic heterocycles. The van der Waals surface area contributed by atoms with E-state index in [0.29, 0.717) is 11.8 Å². The minimum absolute atomic E-state index is 0.403. The summed E-state index contributed by atoms with van der Waals surface area (Å²) in [6.45, 7) is 0. The average molecular weight is 298 g/mol. The van der Waals surface area contributed by atoms with Crippen LogP contribution in [-0.2, 0) is 17.4 Å². The van der Waals surface area contributed by atoms with E-state index in [1.54, 1.807) is 0 Å². The van der Waals surface area contributed by atoms with Gasteiger partial charge in [0.25, 0.3) is 0 Å². The first-order valence-corrected chi connectivity index (χ1v) is 5.92. The number of carbonyl (C=O) groups is 1. The molecule has 0 atom stereocenters. The standard InChI is InChI=1S/C14H10F4N2O/c15-11-3-1-2-9(13(11)14(16,17)18)8-12(21)20-10-4-6-19-7-5-10/h1-7H,8H2,(H,19,20,21). The molecule has 0 saturated carbocycles. The lowest BCUT2D eigenvalue weighted by Crippen LogP contribution is -2.19. The number of amides is 1. The maximum Gasteiger partial charge on any atom is 0.419 e. The second kappa shape index (κ2) is 5.90. The van der Waals surface area contributed by atoms with E-state index in [9.17, 15) is 22.4 Å². The van der Waals surface area contributed by atoms with Crippen LogP contribution in [0.15, 0.2) is 42.7 Å². The number of aromatic nitrogens is 1. The Bertz CT molecular complexity index is 641. The third kappa shape index (κ3) is 3.77. The predicted molar refractivity (Wildman–Crippen MR) is 68.0 cm³/mol. The quantitative estimate of drug-likeness (QED) is 0.882. The highest BCUT2D eigenvalue weighted by molar-refractivity contribution is 5.92. The van der Waals surface area contributed by atoms with Gasteiger partial charge in [-0.1, -0.05) is 12.1 Å². The van der Waals surface area contributed by atoms with Crippen molar-refractivity contribution >= 4 is 11.6 Å². The van der Waals surface area contributed by atoms with Crippen LogP contribution < -0.4 is 5.32 Å². The van der Waals surface area contributed by atoms with Crippen molar-refractivity contribution in [2.24, 2.45) is 0 Å². The number of halogens is 4. The summed E-state index contributed by atoms with van der Waals surface area (Å²) in [5, 5.41) is 2.42. The van der Waals surface area contributed by atoms with Gasteiger partial charge in [0.15, 0.2) is 0 Å². The smallest absolute Gasteiger partial charge is 0.326 e. The van der Waals surface area contributed by atoms with Crippen LogP contribution in [0.4, 0.5) is 23.2 Å². The van der Waals surface area contributed by atoms with Crippen molar-refractivity contribution in [3.63, 3.8) is 0 Å². The van der Waals surface area contributed by atoms with Gasteiger partial charge in [0.05, 0.1) is 12.0 Å².